The number of amides is 3. The van der Waals surface area contributed by atoms with Crippen LogP contribution >= 0.6 is 0 Å². The number of nitrogens with zero attached hydrogens (tertiary/aromatic N) is 2. The van der Waals surface area contributed by atoms with Gasteiger partial charge in [-0.05, 0) is 59.1 Å². The van der Waals surface area contributed by atoms with Crippen molar-refractivity contribution in [3.63, 3.8) is 0 Å². The summed E-state index contributed by atoms with van der Waals surface area (Å²) in [6.07, 6.45) is -0.415. The molecule has 134 valence electrons. The summed E-state index contributed by atoms with van der Waals surface area (Å²) in [5.41, 5.74) is 1.20. The molecule has 3 amide bonds. The highest BCUT2D eigenvalue weighted by molar-refractivity contribution is 5.90. The predicted octanol–water partition coefficient (Wildman–Crippen LogP) is 2.74. The average Bonchev–Trinajstić information content (AvgIpc) is 2.53. The van der Waals surface area contributed by atoms with Gasteiger partial charge < -0.3 is 20.3 Å². The smallest absolute Gasteiger partial charge is 0.413 e. The first-order valence-electron chi connectivity index (χ1n) is 7.90. The SMILES string of the molecule is CCOC(=O)N(C)c1ccc(NC(=O)NCC(C)(C)N(C)C)cc1. The molecule has 1 aromatic carbocycles. The van der Waals surface area contributed by atoms with Crippen LogP contribution in [-0.4, -0.2) is 56.9 Å². The molecule has 7 heteroatoms. The van der Waals surface area contributed by atoms with Gasteiger partial charge >= 0.3 is 12.1 Å². The van der Waals surface area contributed by atoms with Crippen molar-refractivity contribution in [3.8, 4) is 0 Å². The zero-order valence-electron chi connectivity index (χ0n) is 15.3. The number of ether oxygens (including phenoxy) is 1. The van der Waals surface area contributed by atoms with Crippen LogP contribution < -0.4 is 15.5 Å². The Morgan fingerprint density at radius 1 is 1.12 bits per heavy atom. The average molecular weight is 336 g/mol. The zero-order valence-corrected chi connectivity index (χ0v) is 15.3. The highest BCUT2D eigenvalue weighted by atomic mass is 16.6. The number of rotatable bonds is 6. The van der Waals surface area contributed by atoms with Crippen molar-refractivity contribution < 1.29 is 14.3 Å². The maximum atomic E-state index is 12.0. The fraction of sp³-hybridized carbons (Fsp3) is 0.529. The molecule has 0 spiro atoms. The van der Waals surface area contributed by atoms with E-state index in [0.717, 1.165) is 0 Å². The number of nitrogens with one attached hydrogen (secondary N) is 2. The lowest BCUT2D eigenvalue weighted by atomic mass is 10.1. The number of carbonyl (C=O) groups is 2. The van der Waals surface area contributed by atoms with Gasteiger partial charge in [0.1, 0.15) is 0 Å². The highest BCUT2D eigenvalue weighted by Crippen LogP contribution is 2.17. The number of hydrogen-bond donors (Lipinski definition) is 2. The normalized spacial score (nSPS) is 11.1. The Hall–Kier alpha value is -2.28. The Bertz CT molecular complexity index is 555. The molecular weight excluding hydrogens is 308 g/mol. The number of carbonyl (C=O) groups excluding carboxylic acids is 2. The summed E-state index contributed by atoms with van der Waals surface area (Å²) in [5, 5.41) is 5.62. The number of hydrogen-bond acceptors (Lipinski definition) is 4. The van der Waals surface area contributed by atoms with E-state index in [2.05, 4.69) is 10.6 Å². The van der Waals surface area contributed by atoms with E-state index in [1.807, 2.05) is 32.8 Å². The van der Waals surface area contributed by atoms with Gasteiger partial charge in [0, 0.05) is 30.5 Å². The predicted molar refractivity (Wildman–Crippen MR) is 96.7 cm³/mol. The highest BCUT2D eigenvalue weighted by Gasteiger charge is 2.21. The van der Waals surface area contributed by atoms with Crippen molar-refractivity contribution in [1.82, 2.24) is 10.2 Å². The second-order valence-electron chi connectivity index (χ2n) is 6.32. The first-order chi connectivity index (χ1) is 11.2. The number of anilines is 2. The molecule has 0 atom stereocenters. The zero-order chi connectivity index (χ0) is 18.3. The largest absolute Gasteiger partial charge is 0.449 e. The molecule has 0 aliphatic heterocycles. The summed E-state index contributed by atoms with van der Waals surface area (Å²) >= 11 is 0. The van der Waals surface area contributed by atoms with Crippen LogP contribution in [-0.2, 0) is 4.74 Å². The summed E-state index contributed by atoms with van der Waals surface area (Å²) in [7, 11) is 5.58. The van der Waals surface area contributed by atoms with Crippen molar-refractivity contribution in [3.05, 3.63) is 24.3 Å². The molecule has 0 saturated carbocycles. The van der Waals surface area contributed by atoms with E-state index in [1.54, 1.807) is 38.2 Å². The summed E-state index contributed by atoms with van der Waals surface area (Å²) in [6.45, 7) is 6.71. The van der Waals surface area contributed by atoms with Crippen LogP contribution in [0.15, 0.2) is 24.3 Å². The van der Waals surface area contributed by atoms with E-state index in [-0.39, 0.29) is 11.6 Å². The van der Waals surface area contributed by atoms with Gasteiger partial charge in [-0.15, -0.1) is 0 Å². The lowest BCUT2D eigenvalue weighted by Gasteiger charge is -2.32. The minimum atomic E-state index is -0.415. The summed E-state index contributed by atoms with van der Waals surface area (Å²) in [6, 6.07) is 6.70. The Morgan fingerprint density at radius 2 is 1.71 bits per heavy atom. The summed E-state index contributed by atoms with van der Waals surface area (Å²) in [4.78, 5) is 27.1. The number of benzene rings is 1. The molecule has 0 aromatic heterocycles. The van der Waals surface area contributed by atoms with Gasteiger partial charge in [-0.1, -0.05) is 0 Å². The Labute approximate surface area is 144 Å². The van der Waals surface area contributed by atoms with E-state index < -0.39 is 6.09 Å². The molecule has 0 heterocycles. The maximum absolute atomic E-state index is 12.0. The van der Waals surface area contributed by atoms with Crippen molar-refractivity contribution >= 4 is 23.5 Å². The van der Waals surface area contributed by atoms with Crippen molar-refractivity contribution in [2.24, 2.45) is 0 Å². The third-order valence-electron chi connectivity index (χ3n) is 3.95. The van der Waals surface area contributed by atoms with Crippen molar-refractivity contribution in [2.45, 2.75) is 26.3 Å². The molecule has 0 aliphatic carbocycles. The first-order valence-corrected chi connectivity index (χ1v) is 7.90. The third-order valence-corrected chi connectivity index (χ3v) is 3.95. The van der Waals surface area contributed by atoms with Gasteiger partial charge in [0.2, 0.25) is 0 Å². The quantitative estimate of drug-likeness (QED) is 0.838. The molecule has 0 aliphatic rings. The summed E-state index contributed by atoms with van der Waals surface area (Å²) in [5.74, 6) is 0. The van der Waals surface area contributed by atoms with Crippen molar-refractivity contribution in [1.29, 1.82) is 0 Å². The van der Waals surface area contributed by atoms with Gasteiger partial charge in [-0.2, -0.15) is 0 Å². The fourth-order valence-corrected chi connectivity index (χ4v) is 1.72. The number of likely N-dealkylation sites (N-methyl/N-ethyl adjacent to an activating group) is 1. The topological polar surface area (TPSA) is 73.9 Å². The van der Waals surface area contributed by atoms with Crippen LogP contribution in [0.25, 0.3) is 0 Å². The second-order valence-corrected chi connectivity index (χ2v) is 6.32. The van der Waals surface area contributed by atoms with Crippen LogP contribution in [0, 0.1) is 0 Å². The molecule has 24 heavy (non-hydrogen) atoms. The van der Waals surface area contributed by atoms with Gasteiger partial charge in [0.25, 0.3) is 0 Å². The molecule has 0 unspecified atom stereocenters. The molecule has 0 radical (unpaired) electrons. The monoisotopic (exact) mass is 336 g/mol. The molecular formula is C17H28N4O3. The molecule has 0 saturated heterocycles. The Balaban J connectivity index is 2.58. The fourth-order valence-electron chi connectivity index (χ4n) is 1.72. The van der Waals surface area contributed by atoms with Gasteiger partial charge in [0.05, 0.1) is 6.61 Å². The molecule has 2 N–H and O–H groups in total. The van der Waals surface area contributed by atoms with E-state index in [4.69, 9.17) is 4.74 Å². The lowest BCUT2D eigenvalue weighted by Crippen LogP contribution is -2.49. The van der Waals surface area contributed by atoms with Gasteiger partial charge in [-0.25, -0.2) is 9.59 Å². The number of urea groups is 1. The molecule has 0 fully saturated rings. The third kappa shape index (κ3) is 5.73. The Morgan fingerprint density at radius 3 is 2.21 bits per heavy atom. The van der Waals surface area contributed by atoms with Gasteiger partial charge in [-0.3, -0.25) is 4.90 Å². The van der Waals surface area contributed by atoms with Crippen LogP contribution in [0.3, 0.4) is 0 Å². The Kier molecular flexibility index (Phi) is 7.03. The second kappa shape index (κ2) is 8.54. The van der Waals surface area contributed by atoms with E-state index in [9.17, 15) is 9.59 Å². The van der Waals surface area contributed by atoms with Crippen molar-refractivity contribution in [2.75, 3.05) is 44.5 Å². The summed E-state index contributed by atoms with van der Waals surface area (Å²) < 4.78 is 4.94. The van der Waals surface area contributed by atoms with E-state index >= 15 is 0 Å². The van der Waals surface area contributed by atoms with E-state index in [0.29, 0.717) is 24.5 Å². The molecule has 1 aromatic rings. The molecule has 1 rings (SSSR count). The minimum Gasteiger partial charge on any atom is -0.449 e. The molecule has 0 bridgehead atoms. The van der Waals surface area contributed by atoms with Crippen LogP contribution in [0.4, 0.5) is 21.0 Å². The van der Waals surface area contributed by atoms with Crippen LogP contribution in [0.2, 0.25) is 0 Å². The minimum absolute atomic E-state index is 0.135. The van der Waals surface area contributed by atoms with Gasteiger partial charge in [0.15, 0.2) is 0 Å². The van der Waals surface area contributed by atoms with E-state index in [1.165, 1.54) is 4.90 Å². The van der Waals surface area contributed by atoms with Crippen LogP contribution in [0.5, 0.6) is 0 Å². The molecule has 7 nitrogen and oxygen atoms in total. The van der Waals surface area contributed by atoms with Crippen LogP contribution in [0.1, 0.15) is 20.8 Å². The first kappa shape index (κ1) is 19.8. The standard InChI is InChI=1S/C17H28N4O3/c1-7-24-16(23)21(6)14-10-8-13(9-11-14)19-15(22)18-12-17(2,3)20(4)5/h8-11H,7,12H2,1-6H3,(H2,18,19,22). The lowest BCUT2D eigenvalue weighted by molar-refractivity contribution is 0.161. The maximum Gasteiger partial charge on any atom is 0.413 e.